The average Bonchev–Trinajstić information content (AvgIpc) is 2.99. The Morgan fingerprint density at radius 1 is 1.47 bits per heavy atom. The highest BCUT2D eigenvalue weighted by molar-refractivity contribution is 5.85. The van der Waals surface area contributed by atoms with E-state index < -0.39 is 0 Å². The van der Waals surface area contributed by atoms with Crippen LogP contribution in [0.2, 0.25) is 0 Å². The normalized spacial score (nSPS) is 35.0. The van der Waals surface area contributed by atoms with E-state index in [1.54, 1.807) is 0 Å². The van der Waals surface area contributed by atoms with Gasteiger partial charge in [0.1, 0.15) is 0 Å². The summed E-state index contributed by atoms with van der Waals surface area (Å²) >= 11 is 0. The predicted octanol–water partition coefficient (Wildman–Crippen LogP) is 1.96. The molecule has 2 saturated carbocycles. The van der Waals surface area contributed by atoms with Crippen molar-refractivity contribution in [2.24, 2.45) is 22.1 Å². The van der Waals surface area contributed by atoms with Gasteiger partial charge in [-0.05, 0) is 26.2 Å². The van der Waals surface area contributed by atoms with Crippen molar-refractivity contribution < 1.29 is 4.74 Å². The lowest BCUT2D eigenvalue weighted by atomic mass is 9.64. The summed E-state index contributed by atoms with van der Waals surface area (Å²) in [6.45, 7) is 7.30. The van der Waals surface area contributed by atoms with Crippen LogP contribution in [0.3, 0.4) is 0 Å². The molecule has 2 N–H and O–H groups in total. The second kappa shape index (κ2) is 3.78. The molecule has 3 nitrogen and oxygen atoms in total. The Balaban J connectivity index is 1.93. The fourth-order valence-corrected chi connectivity index (χ4v) is 2.23. The van der Waals surface area contributed by atoms with Crippen LogP contribution >= 0.6 is 0 Å². The van der Waals surface area contributed by atoms with Crippen LogP contribution in [-0.2, 0) is 4.74 Å². The van der Waals surface area contributed by atoms with Crippen LogP contribution in [0, 0.1) is 11.3 Å². The number of nitrogens with two attached hydrogens (primary N) is 1. The van der Waals surface area contributed by atoms with Gasteiger partial charge in [-0.3, -0.25) is 4.99 Å². The van der Waals surface area contributed by atoms with Gasteiger partial charge in [-0.25, -0.2) is 0 Å². The van der Waals surface area contributed by atoms with Gasteiger partial charge in [0.25, 0.3) is 0 Å². The molecule has 2 aliphatic rings. The second-order valence-electron chi connectivity index (χ2n) is 5.35. The van der Waals surface area contributed by atoms with Gasteiger partial charge < -0.3 is 10.5 Å². The summed E-state index contributed by atoms with van der Waals surface area (Å²) < 4.78 is 5.67. The van der Waals surface area contributed by atoms with Crippen molar-refractivity contribution in [3.63, 3.8) is 0 Å². The van der Waals surface area contributed by atoms with E-state index in [1.165, 1.54) is 12.8 Å². The van der Waals surface area contributed by atoms with Crippen molar-refractivity contribution >= 4 is 5.84 Å². The SMILES string of the molecule is CCOC1CC(N=C(N)C2CC2)C1(C)C. The van der Waals surface area contributed by atoms with Crippen LogP contribution < -0.4 is 5.73 Å². The Hall–Kier alpha value is -0.570. The van der Waals surface area contributed by atoms with Gasteiger partial charge in [0.05, 0.1) is 18.0 Å². The van der Waals surface area contributed by atoms with Crippen molar-refractivity contribution in [3.8, 4) is 0 Å². The molecule has 0 heterocycles. The molecule has 15 heavy (non-hydrogen) atoms. The van der Waals surface area contributed by atoms with Gasteiger partial charge in [0, 0.05) is 17.9 Å². The zero-order chi connectivity index (χ0) is 11.1. The van der Waals surface area contributed by atoms with E-state index in [2.05, 4.69) is 18.8 Å². The summed E-state index contributed by atoms with van der Waals surface area (Å²) in [7, 11) is 0. The summed E-state index contributed by atoms with van der Waals surface area (Å²) in [5.74, 6) is 1.47. The van der Waals surface area contributed by atoms with Gasteiger partial charge in [0.2, 0.25) is 0 Å². The molecule has 3 heteroatoms. The summed E-state index contributed by atoms with van der Waals surface area (Å²) in [6.07, 6.45) is 3.87. The van der Waals surface area contributed by atoms with Crippen molar-refractivity contribution in [2.45, 2.75) is 52.2 Å². The molecule has 2 fully saturated rings. The largest absolute Gasteiger partial charge is 0.387 e. The Kier molecular flexibility index (Phi) is 2.75. The van der Waals surface area contributed by atoms with Crippen molar-refractivity contribution in [1.29, 1.82) is 0 Å². The third-order valence-electron chi connectivity index (χ3n) is 3.79. The molecule has 2 unspecified atom stereocenters. The van der Waals surface area contributed by atoms with E-state index in [1.807, 2.05) is 6.92 Å². The monoisotopic (exact) mass is 210 g/mol. The molecule has 0 bridgehead atoms. The molecule has 2 rings (SSSR count). The maximum absolute atomic E-state index is 5.94. The van der Waals surface area contributed by atoms with Gasteiger partial charge in [-0.15, -0.1) is 0 Å². The molecule has 0 aliphatic heterocycles. The summed E-state index contributed by atoms with van der Waals surface area (Å²) in [5, 5.41) is 0. The minimum absolute atomic E-state index is 0.162. The maximum atomic E-state index is 5.94. The lowest BCUT2D eigenvalue weighted by Crippen LogP contribution is -2.54. The summed E-state index contributed by atoms with van der Waals surface area (Å²) in [6, 6.07) is 0.370. The highest BCUT2D eigenvalue weighted by Gasteiger charge is 2.49. The standard InChI is InChI=1S/C12H22N2O/c1-4-15-10-7-9(12(10,2)3)14-11(13)8-5-6-8/h8-10H,4-7H2,1-3H3,(H2,13,14). The molecule has 0 aromatic carbocycles. The molecule has 0 saturated heterocycles. The first-order valence-corrected chi connectivity index (χ1v) is 6.00. The van der Waals surface area contributed by atoms with Crippen LogP contribution in [0.4, 0.5) is 0 Å². The zero-order valence-corrected chi connectivity index (χ0v) is 9.99. The fourth-order valence-electron chi connectivity index (χ4n) is 2.23. The van der Waals surface area contributed by atoms with E-state index in [0.717, 1.165) is 18.9 Å². The second-order valence-corrected chi connectivity index (χ2v) is 5.35. The molecule has 2 atom stereocenters. The minimum atomic E-state index is 0.162. The van der Waals surface area contributed by atoms with E-state index in [-0.39, 0.29) is 5.41 Å². The molecule has 0 spiro atoms. The zero-order valence-electron chi connectivity index (χ0n) is 9.99. The van der Waals surface area contributed by atoms with Gasteiger partial charge in [-0.1, -0.05) is 13.8 Å². The maximum Gasteiger partial charge on any atom is 0.0972 e. The predicted molar refractivity (Wildman–Crippen MR) is 61.9 cm³/mol. The quantitative estimate of drug-likeness (QED) is 0.569. The summed E-state index contributed by atoms with van der Waals surface area (Å²) in [4.78, 5) is 4.64. The third-order valence-corrected chi connectivity index (χ3v) is 3.79. The number of rotatable bonds is 4. The number of hydrogen-bond acceptors (Lipinski definition) is 2. The summed E-state index contributed by atoms with van der Waals surface area (Å²) in [5.41, 5.74) is 6.10. The Labute approximate surface area is 92.1 Å². The van der Waals surface area contributed by atoms with Crippen LogP contribution in [0.5, 0.6) is 0 Å². The number of hydrogen-bond donors (Lipinski definition) is 1. The van der Waals surface area contributed by atoms with E-state index in [9.17, 15) is 0 Å². The number of nitrogens with zero attached hydrogens (tertiary/aromatic N) is 1. The highest BCUT2D eigenvalue weighted by Crippen LogP contribution is 2.45. The lowest BCUT2D eigenvalue weighted by molar-refractivity contribution is -0.103. The number of ether oxygens (including phenoxy) is 1. The van der Waals surface area contributed by atoms with Crippen LogP contribution in [-0.4, -0.2) is 24.6 Å². The number of amidine groups is 1. The molecule has 0 aromatic heterocycles. The fraction of sp³-hybridized carbons (Fsp3) is 0.917. The molecule has 0 aromatic rings. The molecular formula is C12H22N2O. The molecule has 0 radical (unpaired) electrons. The topological polar surface area (TPSA) is 47.6 Å². The van der Waals surface area contributed by atoms with Crippen LogP contribution in [0.15, 0.2) is 4.99 Å². The van der Waals surface area contributed by atoms with Gasteiger partial charge in [0.15, 0.2) is 0 Å². The number of aliphatic imine (C=N–C) groups is 1. The van der Waals surface area contributed by atoms with E-state index in [0.29, 0.717) is 18.1 Å². The highest BCUT2D eigenvalue weighted by atomic mass is 16.5. The molecule has 0 amide bonds. The average molecular weight is 210 g/mol. The van der Waals surface area contributed by atoms with Gasteiger partial charge in [-0.2, -0.15) is 0 Å². The Morgan fingerprint density at radius 3 is 2.60 bits per heavy atom. The Morgan fingerprint density at radius 2 is 2.13 bits per heavy atom. The Bertz CT molecular complexity index is 269. The molecular weight excluding hydrogens is 188 g/mol. The first kappa shape index (κ1) is 10.9. The minimum Gasteiger partial charge on any atom is -0.387 e. The van der Waals surface area contributed by atoms with Crippen LogP contribution in [0.1, 0.15) is 40.0 Å². The van der Waals surface area contributed by atoms with Crippen LogP contribution in [0.25, 0.3) is 0 Å². The van der Waals surface area contributed by atoms with Crippen molar-refractivity contribution in [2.75, 3.05) is 6.61 Å². The van der Waals surface area contributed by atoms with Gasteiger partial charge >= 0.3 is 0 Å². The first-order chi connectivity index (χ1) is 7.05. The molecule has 2 aliphatic carbocycles. The lowest BCUT2D eigenvalue weighted by Gasteiger charge is -2.49. The van der Waals surface area contributed by atoms with E-state index >= 15 is 0 Å². The van der Waals surface area contributed by atoms with Crippen molar-refractivity contribution in [1.82, 2.24) is 0 Å². The third kappa shape index (κ3) is 2.03. The molecule has 86 valence electrons. The first-order valence-electron chi connectivity index (χ1n) is 6.00. The van der Waals surface area contributed by atoms with Crippen molar-refractivity contribution in [3.05, 3.63) is 0 Å². The van der Waals surface area contributed by atoms with E-state index in [4.69, 9.17) is 10.5 Å². The smallest absolute Gasteiger partial charge is 0.0972 e.